The molecular weight excluding hydrogens is 272 g/mol. The Morgan fingerprint density at radius 1 is 1.32 bits per heavy atom. The number of fused-ring (bicyclic) bond motifs is 1. The van der Waals surface area contributed by atoms with Crippen molar-refractivity contribution in [1.82, 2.24) is 0 Å². The van der Waals surface area contributed by atoms with Crippen LogP contribution in [-0.2, 0) is 0 Å². The van der Waals surface area contributed by atoms with Crippen molar-refractivity contribution in [2.75, 3.05) is 0 Å². The Morgan fingerprint density at radius 2 is 1.95 bits per heavy atom. The fraction of sp³-hybridized carbons (Fsp3) is 0.611. The van der Waals surface area contributed by atoms with Gasteiger partial charge in [0.1, 0.15) is 6.07 Å². The number of nitrogens with two attached hydrogens (primary N) is 1. The van der Waals surface area contributed by atoms with Gasteiger partial charge in [0.25, 0.3) is 0 Å². The Labute approximate surface area is 132 Å². The quantitative estimate of drug-likeness (QED) is 0.843. The van der Waals surface area contributed by atoms with Crippen molar-refractivity contribution in [3.8, 4) is 18.2 Å². The summed E-state index contributed by atoms with van der Waals surface area (Å²) in [6.45, 7) is 6.36. The van der Waals surface area contributed by atoms with Crippen molar-refractivity contribution in [2.45, 2.75) is 40.0 Å². The lowest BCUT2D eigenvalue weighted by atomic mass is 9.56. The molecular formula is C18H22N4. The molecule has 0 aliphatic heterocycles. The van der Waals surface area contributed by atoms with E-state index in [1.54, 1.807) is 0 Å². The Hall–Kier alpha value is -2.25. The van der Waals surface area contributed by atoms with Gasteiger partial charge < -0.3 is 5.73 Å². The molecule has 0 aromatic rings. The van der Waals surface area contributed by atoms with Crippen LogP contribution in [-0.4, -0.2) is 0 Å². The molecule has 0 radical (unpaired) electrons. The molecule has 0 bridgehead atoms. The maximum Gasteiger partial charge on any atom is 0.187 e. The minimum absolute atomic E-state index is 0.0763. The third kappa shape index (κ3) is 2.28. The number of nitriles is 3. The Morgan fingerprint density at radius 3 is 2.45 bits per heavy atom. The fourth-order valence-electron chi connectivity index (χ4n) is 3.94. The lowest BCUT2D eigenvalue weighted by Gasteiger charge is -2.45. The molecule has 0 unspecified atom stereocenters. The van der Waals surface area contributed by atoms with Crippen LogP contribution in [0.1, 0.15) is 40.0 Å². The summed E-state index contributed by atoms with van der Waals surface area (Å²) in [5.41, 5.74) is 6.27. The molecule has 0 heterocycles. The molecule has 2 rings (SSSR count). The molecule has 4 heteroatoms. The van der Waals surface area contributed by atoms with Crippen molar-refractivity contribution in [2.24, 2.45) is 34.8 Å². The van der Waals surface area contributed by atoms with Gasteiger partial charge >= 0.3 is 0 Å². The highest BCUT2D eigenvalue weighted by Crippen LogP contribution is 2.53. The molecule has 0 fully saturated rings. The summed E-state index contributed by atoms with van der Waals surface area (Å²) in [4.78, 5) is 0. The molecule has 2 aliphatic rings. The van der Waals surface area contributed by atoms with Crippen molar-refractivity contribution >= 4 is 0 Å². The van der Waals surface area contributed by atoms with Gasteiger partial charge in [-0.1, -0.05) is 26.8 Å². The van der Waals surface area contributed by atoms with Crippen molar-refractivity contribution < 1.29 is 0 Å². The predicted molar refractivity (Wildman–Crippen MR) is 83.4 cm³/mol. The van der Waals surface area contributed by atoms with E-state index in [-0.39, 0.29) is 17.5 Å². The topological polar surface area (TPSA) is 97.4 Å². The minimum atomic E-state index is -1.38. The van der Waals surface area contributed by atoms with Crippen molar-refractivity contribution in [3.63, 3.8) is 0 Å². The summed E-state index contributed by atoms with van der Waals surface area (Å²) in [6, 6.07) is 6.47. The molecule has 2 aliphatic carbocycles. The zero-order valence-corrected chi connectivity index (χ0v) is 13.4. The monoisotopic (exact) mass is 294 g/mol. The molecule has 0 saturated carbocycles. The van der Waals surface area contributed by atoms with E-state index in [1.165, 1.54) is 0 Å². The Balaban J connectivity index is 2.71. The van der Waals surface area contributed by atoms with E-state index in [9.17, 15) is 15.8 Å². The second kappa shape index (κ2) is 5.86. The number of hydrogen-bond acceptors (Lipinski definition) is 4. The Kier molecular flexibility index (Phi) is 4.30. The zero-order valence-electron chi connectivity index (χ0n) is 13.4. The third-order valence-corrected chi connectivity index (χ3v) is 5.01. The third-order valence-electron chi connectivity index (χ3n) is 5.01. The van der Waals surface area contributed by atoms with Crippen LogP contribution in [0.15, 0.2) is 22.9 Å². The summed E-state index contributed by atoms with van der Waals surface area (Å²) in [6.07, 6.45) is 4.68. The molecule has 0 spiro atoms. The van der Waals surface area contributed by atoms with Gasteiger partial charge in [-0.05, 0) is 42.6 Å². The SMILES string of the molecule is CC(C)C[C@@H]1[C@H]2C[C@@H](C)CC=C2C(C#N)=C(N)C1(C#N)C#N. The minimum Gasteiger partial charge on any atom is -0.399 e. The lowest BCUT2D eigenvalue weighted by Crippen LogP contribution is -2.45. The van der Waals surface area contributed by atoms with Gasteiger partial charge in [-0.25, -0.2) is 0 Å². The highest BCUT2D eigenvalue weighted by Gasteiger charge is 2.53. The first-order chi connectivity index (χ1) is 10.4. The average molecular weight is 294 g/mol. The lowest BCUT2D eigenvalue weighted by molar-refractivity contribution is 0.182. The molecule has 0 saturated heterocycles. The summed E-state index contributed by atoms with van der Waals surface area (Å²) >= 11 is 0. The molecule has 0 amide bonds. The zero-order chi connectivity index (χ0) is 16.5. The Bertz CT molecular complexity index is 634. The highest BCUT2D eigenvalue weighted by molar-refractivity contribution is 5.56. The van der Waals surface area contributed by atoms with E-state index in [0.29, 0.717) is 17.4 Å². The van der Waals surface area contributed by atoms with Crippen molar-refractivity contribution in [3.05, 3.63) is 22.9 Å². The van der Waals surface area contributed by atoms with E-state index >= 15 is 0 Å². The van der Waals surface area contributed by atoms with Gasteiger partial charge in [0, 0.05) is 5.92 Å². The summed E-state index contributed by atoms with van der Waals surface area (Å²) in [5.74, 6) is 0.791. The van der Waals surface area contributed by atoms with Crippen LogP contribution in [0.5, 0.6) is 0 Å². The summed E-state index contributed by atoms with van der Waals surface area (Å²) < 4.78 is 0. The van der Waals surface area contributed by atoms with Crippen LogP contribution < -0.4 is 5.73 Å². The van der Waals surface area contributed by atoms with Gasteiger partial charge in [0.2, 0.25) is 0 Å². The summed E-state index contributed by atoms with van der Waals surface area (Å²) in [7, 11) is 0. The van der Waals surface area contributed by atoms with Crippen LogP contribution in [0.3, 0.4) is 0 Å². The fourth-order valence-corrected chi connectivity index (χ4v) is 3.94. The number of allylic oxidation sites excluding steroid dienone is 4. The molecule has 22 heavy (non-hydrogen) atoms. The summed E-state index contributed by atoms with van der Waals surface area (Å²) in [5, 5.41) is 29.0. The van der Waals surface area contributed by atoms with Crippen LogP contribution in [0.2, 0.25) is 0 Å². The maximum atomic E-state index is 9.75. The average Bonchev–Trinajstić information content (AvgIpc) is 2.49. The molecule has 3 atom stereocenters. The predicted octanol–water partition coefficient (Wildman–Crippen LogP) is 3.40. The van der Waals surface area contributed by atoms with Gasteiger partial charge in [0.15, 0.2) is 5.41 Å². The molecule has 0 aromatic heterocycles. The largest absolute Gasteiger partial charge is 0.399 e. The molecule has 4 nitrogen and oxygen atoms in total. The van der Waals surface area contributed by atoms with E-state index in [2.05, 4.69) is 45.1 Å². The smallest absolute Gasteiger partial charge is 0.187 e. The van der Waals surface area contributed by atoms with E-state index in [0.717, 1.165) is 24.8 Å². The van der Waals surface area contributed by atoms with E-state index in [1.807, 2.05) is 0 Å². The standard InChI is InChI=1S/C18H22N4/c1-11(2)6-16-14-7-12(3)4-5-13(14)15(8-19)17(22)18(16,9-20)10-21/h5,11-12,14,16H,4,6-7,22H2,1-3H3/t12-,14-,16+/m0/s1. The van der Waals surface area contributed by atoms with Crippen molar-refractivity contribution in [1.29, 1.82) is 15.8 Å². The maximum absolute atomic E-state index is 9.75. The normalized spacial score (nSPS) is 29.9. The number of hydrogen-bond donors (Lipinski definition) is 1. The molecule has 114 valence electrons. The number of rotatable bonds is 2. The first-order valence-electron chi connectivity index (χ1n) is 7.84. The highest BCUT2D eigenvalue weighted by atomic mass is 14.7. The van der Waals surface area contributed by atoms with E-state index < -0.39 is 5.41 Å². The van der Waals surface area contributed by atoms with Crippen LogP contribution in [0.4, 0.5) is 0 Å². The second-order valence-electron chi connectivity index (χ2n) is 7.01. The molecule has 0 aromatic carbocycles. The van der Waals surface area contributed by atoms with Crippen LogP contribution in [0, 0.1) is 63.1 Å². The van der Waals surface area contributed by atoms with Crippen LogP contribution in [0.25, 0.3) is 0 Å². The molecule has 2 N–H and O–H groups in total. The van der Waals surface area contributed by atoms with Gasteiger partial charge in [-0.3, -0.25) is 0 Å². The second-order valence-corrected chi connectivity index (χ2v) is 7.01. The van der Waals surface area contributed by atoms with E-state index in [4.69, 9.17) is 5.73 Å². The first-order valence-corrected chi connectivity index (χ1v) is 7.84. The van der Waals surface area contributed by atoms with Gasteiger partial charge in [-0.15, -0.1) is 0 Å². The van der Waals surface area contributed by atoms with Gasteiger partial charge in [-0.2, -0.15) is 15.8 Å². The van der Waals surface area contributed by atoms with Gasteiger partial charge in [0.05, 0.1) is 23.4 Å². The van der Waals surface area contributed by atoms with Crippen LogP contribution >= 0.6 is 0 Å². The number of nitrogens with zero attached hydrogens (tertiary/aromatic N) is 3. The first kappa shape index (κ1) is 16.1.